The summed E-state index contributed by atoms with van der Waals surface area (Å²) < 4.78 is 7.83. The van der Waals surface area contributed by atoms with Crippen molar-refractivity contribution in [3.05, 3.63) is 95.9 Å². The number of fused-ring (bicyclic) bond motifs is 1. The zero-order valence-corrected chi connectivity index (χ0v) is 18.1. The number of rotatable bonds is 7. The topological polar surface area (TPSA) is 75.9 Å². The molecule has 7 heteroatoms. The minimum absolute atomic E-state index is 0.195. The van der Waals surface area contributed by atoms with Crippen molar-refractivity contribution in [2.24, 2.45) is 0 Å². The van der Waals surface area contributed by atoms with Crippen molar-refractivity contribution in [3.8, 4) is 5.75 Å². The van der Waals surface area contributed by atoms with Gasteiger partial charge in [0.2, 0.25) is 5.91 Å². The molecule has 2 aromatic carbocycles. The highest BCUT2D eigenvalue weighted by Gasteiger charge is 2.20. The summed E-state index contributed by atoms with van der Waals surface area (Å²) in [6.07, 6.45) is 5.42. The maximum absolute atomic E-state index is 12.7. The number of anilines is 1. The molecule has 7 nitrogen and oxygen atoms in total. The third-order valence-electron chi connectivity index (χ3n) is 5.65. The van der Waals surface area contributed by atoms with Crippen LogP contribution in [0.3, 0.4) is 0 Å². The Morgan fingerprint density at radius 3 is 2.73 bits per heavy atom. The van der Waals surface area contributed by atoms with E-state index in [1.54, 1.807) is 18.2 Å². The Bertz CT molecular complexity index is 1260. The molecule has 1 saturated heterocycles. The zero-order valence-electron chi connectivity index (χ0n) is 18.1. The Morgan fingerprint density at radius 1 is 1.06 bits per heavy atom. The maximum atomic E-state index is 12.7. The van der Waals surface area contributed by atoms with Crippen molar-refractivity contribution >= 4 is 23.1 Å². The Labute approximate surface area is 191 Å². The Balaban J connectivity index is 1.19. The Kier molecular flexibility index (Phi) is 5.76. The summed E-state index contributed by atoms with van der Waals surface area (Å²) in [4.78, 5) is 30.9. The number of pyridine rings is 1. The first kappa shape index (κ1) is 20.8. The molecule has 0 atom stereocenters. The average Bonchev–Trinajstić information content (AvgIpc) is 3.44. The van der Waals surface area contributed by atoms with Gasteiger partial charge < -0.3 is 19.4 Å². The van der Waals surface area contributed by atoms with Crippen LogP contribution in [0.2, 0.25) is 0 Å². The normalized spacial score (nSPS) is 13.5. The number of benzene rings is 2. The highest BCUT2D eigenvalue weighted by atomic mass is 16.5. The fourth-order valence-corrected chi connectivity index (χ4v) is 3.93. The summed E-state index contributed by atoms with van der Waals surface area (Å²) in [6, 6.07) is 20.5. The molecule has 5 rings (SSSR count). The largest absolute Gasteiger partial charge is 0.487 e. The van der Waals surface area contributed by atoms with Crippen LogP contribution in [0.25, 0.3) is 5.65 Å². The van der Waals surface area contributed by atoms with Crippen LogP contribution in [0.4, 0.5) is 5.69 Å². The van der Waals surface area contributed by atoms with Gasteiger partial charge in [-0.15, -0.1) is 0 Å². The predicted molar refractivity (Wildman–Crippen MR) is 125 cm³/mol. The van der Waals surface area contributed by atoms with Gasteiger partial charge in [0.15, 0.2) is 0 Å². The van der Waals surface area contributed by atoms with Crippen LogP contribution in [-0.2, 0) is 17.9 Å². The first-order valence-corrected chi connectivity index (χ1v) is 11.0. The van der Waals surface area contributed by atoms with E-state index in [0.717, 1.165) is 29.9 Å². The lowest BCUT2D eigenvalue weighted by Crippen LogP contribution is -2.23. The third-order valence-corrected chi connectivity index (χ3v) is 5.65. The summed E-state index contributed by atoms with van der Waals surface area (Å²) in [6.45, 7) is 1.73. The van der Waals surface area contributed by atoms with E-state index in [0.29, 0.717) is 36.6 Å². The number of carbonyl (C=O) groups is 2. The van der Waals surface area contributed by atoms with Crippen LogP contribution >= 0.6 is 0 Å². The van der Waals surface area contributed by atoms with Crippen molar-refractivity contribution in [3.63, 3.8) is 0 Å². The smallest absolute Gasteiger partial charge is 0.255 e. The molecular formula is C26H24N4O3. The van der Waals surface area contributed by atoms with Crippen molar-refractivity contribution in [1.29, 1.82) is 0 Å². The number of imidazole rings is 1. The molecule has 0 spiro atoms. The highest BCUT2D eigenvalue weighted by molar-refractivity contribution is 6.04. The van der Waals surface area contributed by atoms with Gasteiger partial charge in [-0.25, -0.2) is 4.98 Å². The molecule has 0 unspecified atom stereocenters. The number of hydrogen-bond acceptors (Lipinski definition) is 4. The minimum Gasteiger partial charge on any atom is -0.487 e. The first-order chi connectivity index (χ1) is 16.1. The van der Waals surface area contributed by atoms with Crippen molar-refractivity contribution in [2.75, 3.05) is 11.9 Å². The molecule has 0 saturated carbocycles. The molecule has 1 aliphatic heterocycles. The summed E-state index contributed by atoms with van der Waals surface area (Å²) >= 11 is 0. The molecule has 1 fully saturated rings. The van der Waals surface area contributed by atoms with Gasteiger partial charge >= 0.3 is 0 Å². The van der Waals surface area contributed by atoms with Crippen molar-refractivity contribution in [2.45, 2.75) is 26.0 Å². The molecule has 1 N–H and O–H groups in total. The third kappa shape index (κ3) is 4.87. The van der Waals surface area contributed by atoms with Crippen LogP contribution in [0.5, 0.6) is 5.75 Å². The number of nitrogens with one attached hydrogen (secondary N) is 1. The second kappa shape index (κ2) is 9.16. The van der Waals surface area contributed by atoms with E-state index in [1.807, 2.05) is 70.2 Å². The van der Waals surface area contributed by atoms with E-state index in [9.17, 15) is 9.59 Å². The van der Waals surface area contributed by atoms with Crippen LogP contribution in [0.15, 0.2) is 79.1 Å². The summed E-state index contributed by atoms with van der Waals surface area (Å²) in [5.74, 6) is 0.645. The summed E-state index contributed by atoms with van der Waals surface area (Å²) in [7, 11) is 0. The number of nitrogens with zero attached hydrogens (tertiary/aromatic N) is 3. The fraction of sp³-hybridized carbons (Fsp3) is 0.192. The molecule has 0 aliphatic carbocycles. The Hall–Kier alpha value is -4.13. The number of ether oxygens (including phenoxy) is 1. The molecule has 166 valence electrons. The summed E-state index contributed by atoms with van der Waals surface area (Å²) in [5, 5.41) is 2.91. The predicted octanol–water partition coefficient (Wildman–Crippen LogP) is 4.29. The average molecular weight is 441 g/mol. The number of likely N-dealkylation sites (tertiary alicyclic amines) is 1. The van der Waals surface area contributed by atoms with Crippen LogP contribution in [0, 0.1) is 0 Å². The SMILES string of the molecule is O=C(Nc1cccc(OCc2cn3ccccc3n2)c1)c1ccc(CN2CCCC2=O)cc1. The molecule has 2 amide bonds. The molecule has 0 bridgehead atoms. The fourth-order valence-electron chi connectivity index (χ4n) is 3.93. The highest BCUT2D eigenvalue weighted by Crippen LogP contribution is 2.20. The second-order valence-electron chi connectivity index (χ2n) is 8.08. The van der Waals surface area contributed by atoms with Crippen molar-refractivity contribution in [1.82, 2.24) is 14.3 Å². The van der Waals surface area contributed by atoms with Crippen molar-refractivity contribution < 1.29 is 14.3 Å². The quantitative estimate of drug-likeness (QED) is 0.465. The van der Waals surface area contributed by atoms with Gasteiger partial charge in [0.25, 0.3) is 5.91 Å². The molecule has 0 radical (unpaired) electrons. The number of hydrogen-bond donors (Lipinski definition) is 1. The molecular weight excluding hydrogens is 416 g/mol. The number of carbonyl (C=O) groups excluding carboxylic acids is 2. The van der Waals surface area contributed by atoms with Gasteiger partial charge in [-0.05, 0) is 48.4 Å². The molecule has 1 aliphatic rings. The van der Waals surface area contributed by atoms with Gasteiger partial charge in [0.1, 0.15) is 18.0 Å². The van der Waals surface area contributed by atoms with Gasteiger partial charge in [-0.3, -0.25) is 9.59 Å². The van der Waals surface area contributed by atoms with E-state index < -0.39 is 0 Å². The van der Waals surface area contributed by atoms with E-state index in [-0.39, 0.29) is 11.8 Å². The second-order valence-corrected chi connectivity index (χ2v) is 8.08. The minimum atomic E-state index is -0.198. The van der Waals surface area contributed by atoms with Crippen LogP contribution in [0.1, 0.15) is 34.5 Å². The lowest BCUT2D eigenvalue weighted by molar-refractivity contribution is -0.128. The molecule has 33 heavy (non-hydrogen) atoms. The molecule has 4 aromatic rings. The van der Waals surface area contributed by atoms with Crippen LogP contribution in [-0.4, -0.2) is 32.6 Å². The van der Waals surface area contributed by atoms with E-state index >= 15 is 0 Å². The van der Waals surface area contributed by atoms with E-state index in [1.165, 1.54) is 0 Å². The summed E-state index contributed by atoms with van der Waals surface area (Å²) in [5.41, 5.74) is 3.92. The van der Waals surface area contributed by atoms with Gasteiger partial charge in [0.05, 0.1) is 5.69 Å². The molecule has 2 aromatic heterocycles. The lowest BCUT2D eigenvalue weighted by Gasteiger charge is -2.15. The first-order valence-electron chi connectivity index (χ1n) is 11.0. The standard InChI is InChI=1S/C26H24N4O3/c31-25-8-4-14-30(25)16-19-9-11-20(12-10-19)26(32)28-21-5-3-6-23(15-21)33-18-22-17-29-13-2-1-7-24(29)27-22/h1-3,5-7,9-13,15,17H,4,8,14,16,18H2,(H,28,32). The monoisotopic (exact) mass is 440 g/mol. The Morgan fingerprint density at radius 2 is 1.94 bits per heavy atom. The number of amides is 2. The zero-order chi connectivity index (χ0) is 22.6. The van der Waals surface area contributed by atoms with Gasteiger partial charge in [-0.2, -0.15) is 0 Å². The molecule has 3 heterocycles. The van der Waals surface area contributed by atoms with E-state index in [2.05, 4.69) is 10.3 Å². The van der Waals surface area contributed by atoms with Crippen LogP contribution < -0.4 is 10.1 Å². The van der Waals surface area contributed by atoms with E-state index in [4.69, 9.17) is 4.74 Å². The number of aromatic nitrogens is 2. The van der Waals surface area contributed by atoms with Gasteiger partial charge in [-0.1, -0.05) is 24.3 Å². The maximum Gasteiger partial charge on any atom is 0.255 e. The lowest BCUT2D eigenvalue weighted by atomic mass is 10.1. The van der Waals surface area contributed by atoms with Gasteiger partial charge in [0, 0.05) is 49.2 Å².